The molecule has 2 heterocycles. The van der Waals surface area contributed by atoms with Gasteiger partial charge in [-0.05, 0) is 24.6 Å². The Balaban J connectivity index is 0.000000224. The second-order valence-corrected chi connectivity index (χ2v) is 6.03. The Kier molecular flexibility index (Phi) is 5.14. The Hall–Kier alpha value is -2.54. The van der Waals surface area contributed by atoms with E-state index in [2.05, 4.69) is 42.4 Å². The average Bonchev–Trinajstić information content (AvgIpc) is 3.02. The van der Waals surface area contributed by atoms with Crippen molar-refractivity contribution in [2.24, 2.45) is 0 Å². The topological polar surface area (TPSA) is 99.1 Å². The summed E-state index contributed by atoms with van der Waals surface area (Å²) in [7, 11) is 3.88. The second-order valence-electron chi connectivity index (χ2n) is 6.03. The number of methoxy groups -OCH3 is 1. The van der Waals surface area contributed by atoms with E-state index in [1.54, 1.807) is 7.11 Å². The van der Waals surface area contributed by atoms with Gasteiger partial charge in [0.05, 0.1) is 13.3 Å². The van der Waals surface area contributed by atoms with Crippen LogP contribution >= 0.6 is 0 Å². The summed E-state index contributed by atoms with van der Waals surface area (Å²) in [5.41, 5.74) is 3.01. The number of carboxylic acid groups (broad SMARTS) is 2. The van der Waals surface area contributed by atoms with Crippen molar-refractivity contribution in [2.45, 2.75) is 24.9 Å². The van der Waals surface area contributed by atoms with Crippen molar-refractivity contribution in [3.8, 4) is 5.75 Å². The molecule has 130 valence electrons. The molecule has 0 saturated carbocycles. The van der Waals surface area contributed by atoms with E-state index in [9.17, 15) is 9.59 Å². The van der Waals surface area contributed by atoms with E-state index in [1.807, 2.05) is 0 Å². The van der Waals surface area contributed by atoms with Crippen LogP contribution in [0.15, 0.2) is 30.4 Å². The van der Waals surface area contributed by atoms with Crippen LogP contribution in [-0.4, -0.2) is 49.0 Å². The number of carboxylic acids is 2. The number of benzene rings is 1. The van der Waals surface area contributed by atoms with E-state index < -0.39 is 11.9 Å². The summed E-state index contributed by atoms with van der Waals surface area (Å²) in [6, 6.07) is 6.43. The molecule has 0 spiro atoms. The number of carbonyl (C=O) groups is 2. The monoisotopic (exact) mass is 334 g/mol. The number of ether oxygens (including phenoxy) is 1. The highest BCUT2D eigenvalue weighted by Gasteiger charge is 2.49. The Bertz CT molecular complexity index is 657. The van der Waals surface area contributed by atoms with Gasteiger partial charge in [-0.15, -0.1) is 0 Å². The van der Waals surface area contributed by atoms with Crippen molar-refractivity contribution < 1.29 is 24.5 Å². The van der Waals surface area contributed by atoms with Gasteiger partial charge in [-0.3, -0.25) is 5.32 Å². The zero-order chi connectivity index (χ0) is 17.9. The molecule has 1 aromatic rings. The van der Waals surface area contributed by atoms with Crippen LogP contribution in [-0.2, 0) is 15.0 Å². The molecule has 2 aliphatic rings. The fourth-order valence-electron chi connectivity index (χ4n) is 3.37. The molecule has 0 aliphatic carbocycles. The van der Waals surface area contributed by atoms with Gasteiger partial charge in [-0.2, -0.15) is 0 Å². The first kappa shape index (κ1) is 17.8. The maximum Gasteiger partial charge on any atom is 0.328 e. The van der Waals surface area contributed by atoms with Crippen molar-refractivity contribution in [3.63, 3.8) is 0 Å². The third-order valence-corrected chi connectivity index (χ3v) is 4.54. The second kappa shape index (κ2) is 6.92. The van der Waals surface area contributed by atoms with E-state index in [1.165, 1.54) is 17.7 Å². The number of anilines is 1. The molecule has 1 fully saturated rings. The van der Waals surface area contributed by atoms with Crippen molar-refractivity contribution in [3.05, 3.63) is 35.9 Å². The third-order valence-electron chi connectivity index (χ3n) is 4.54. The van der Waals surface area contributed by atoms with E-state index in [4.69, 9.17) is 14.9 Å². The van der Waals surface area contributed by atoms with E-state index in [-0.39, 0.29) is 5.41 Å². The lowest BCUT2D eigenvalue weighted by Crippen LogP contribution is -2.44. The summed E-state index contributed by atoms with van der Waals surface area (Å²) in [4.78, 5) is 21.4. The molecule has 3 N–H and O–H groups in total. The van der Waals surface area contributed by atoms with Crippen LogP contribution in [0.3, 0.4) is 0 Å². The highest BCUT2D eigenvalue weighted by molar-refractivity contribution is 5.89. The Labute approximate surface area is 140 Å². The molecule has 24 heavy (non-hydrogen) atoms. The van der Waals surface area contributed by atoms with Crippen LogP contribution in [0.2, 0.25) is 0 Å². The van der Waals surface area contributed by atoms with Gasteiger partial charge in [-0.25, -0.2) is 9.59 Å². The van der Waals surface area contributed by atoms with Crippen molar-refractivity contribution >= 4 is 17.6 Å². The number of nitrogens with zero attached hydrogens (tertiary/aromatic N) is 1. The smallest absolute Gasteiger partial charge is 0.328 e. The molecular formula is C17H22N2O5. The van der Waals surface area contributed by atoms with Gasteiger partial charge in [0.25, 0.3) is 0 Å². The van der Waals surface area contributed by atoms with Gasteiger partial charge in [0, 0.05) is 36.4 Å². The maximum atomic E-state index is 9.55. The standard InChI is InChI=1S/C13H18N2O.C4H4O4/c1-13-6-7-14-12(13)15(2)11-8-9(16-3)4-5-10(11)13;5-3(6)1-2-4(7)8/h4-5,8,12,14H,6-7H2,1-3H3;1-2H,(H,5,6)(H,7,8)/b;2-1+/t12-,13+;/m0./s1. The zero-order valence-electron chi connectivity index (χ0n) is 13.9. The highest BCUT2D eigenvalue weighted by Crippen LogP contribution is 2.48. The van der Waals surface area contributed by atoms with Crippen LogP contribution in [0.25, 0.3) is 0 Å². The van der Waals surface area contributed by atoms with Crippen LogP contribution in [0.5, 0.6) is 5.75 Å². The molecule has 0 amide bonds. The zero-order valence-corrected chi connectivity index (χ0v) is 13.9. The number of likely N-dealkylation sites (N-methyl/N-ethyl adjacent to an activating group) is 1. The van der Waals surface area contributed by atoms with Gasteiger partial charge in [0.2, 0.25) is 0 Å². The van der Waals surface area contributed by atoms with Crippen LogP contribution in [0.4, 0.5) is 5.69 Å². The van der Waals surface area contributed by atoms with Crippen LogP contribution < -0.4 is 15.0 Å². The van der Waals surface area contributed by atoms with Gasteiger partial charge in [0.15, 0.2) is 0 Å². The summed E-state index contributed by atoms with van der Waals surface area (Å²) in [6.07, 6.45) is 2.76. The lowest BCUT2D eigenvalue weighted by atomic mass is 9.81. The maximum absolute atomic E-state index is 9.55. The Morgan fingerprint density at radius 3 is 2.50 bits per heavy atom. The first-order chi connectivity index (χ1) is 11.3. The molecule has 3 rings (SSSR count). The van der Waals surface area contributed by atoms with Gasteiger partial charge < -0.3 is 19.8 Å². The summed E-state index contributed by atoms with van der Waals surface area (Å²) in [5.74, 6) is -1.58. The molecule has 0 bridgehead atoms. The lowest BCUT2D eigenvalue weighted by molar-refractivity contribution is -0.134. The normalized spacial score (nSPS) is 24.1. The van der Waals surface area contributed by atoms with Crippen molar-refractivity contribution in [2.75, 3.05) is 25.6 Å². The first-order valence-electron chi connectivity index (χ1n) is 7.58. The fraction of sp³-hybridized carbons (Fsp3) is 0.412. The minimum absolute atomic E-state index is 0.260. The molecule has 0 radical (unpaired) electrons. The summed E-state index contributed by atoms with van der Waals surface area (Å²) < 4.78 is 5.30. The van der Waals surface area contributed by atoms with Crippen molar-refractivity contribution in [1.29, 1.82) is 0 Å². The van der Waals surface area contributed by atoms with Crippen LogP contribution in [0, 0.1) is 0 Å². The van der Waals surface area contributed by atoms with E-state index >= 15 is 0 Å². The minimum Gasteiger partial charge on any atom is -0.497 e. The Morgan fingerprint density at radius 2 is 1.96 bits per heavy atom. The van der Waals surface area contributed by atoms with Gasteiger partial charge >= 0.3 is 11.9 Å². The predicted molar refractivity (Wildman–Crippen MR) is 89.6 cm³/mol. The van der Waals surface area contributed by atoms with E-state index in [0.717, 1.165) is 12.3 Å². The predicted octanol–water partition coefficient (Wildman–Crippen LogP) is 1.43. The fourth-order valence-corrected chi connectivity index (χ4v) is 3.37. The molecule has 1 saturated heterocycles. The first-order valence-corrected chi connectivity index (χ1v) is 7.58. The minimum atomic E-state index is -1.26. The number of hydrogen-bond acceptors (Lipinski definition) is 5. The number of aliphatic carboxylic acids is 2. The molecule has 7 heteroatoms. The van der Waals surface area contributed by atoms with Gasteiger partial charge in [0.1, 0.15) is 5.75 Å². The van der Waals surface area contributed by atoms with Crippen molar-refractivity contribution in [1.82, 2.24) is 5.32 Å². The number of fused-ring (bicyclic) bond motifs is 3. The largest absolute Gasteiger partial charge is 0.497 e. The Morgan fingerprint density at radius 1 is 1.33 bits per heavy atom. The molecule has 0 aromatic heterocycles. The summed E-state index contributed by atoms with van der Waals surface area (Å²) >= 11 is 0. The SMILES string of the molecule is COc1ccc2c(c1)N(C)[C@@H]1NCC[C@]21C.O=C(O)/C=C/C(=O)O. The molecule has 1 aromatic carbocycles. The molecule has 7 nitrogen and oxygen atoms in total. The summed E-state index contributed by atoms with van der Waals surface area (Å²) in [5, 5.41) is 19.2. The molecule has 2 aliphatic heterocycles. The van der Waals surface area contributed by atoms with Gasteiger partial charge in [-0.1, -0.05) is 13.0 Å². The highest BCUT2D eigenvalue weighted by atomic mass is 16.5. The lowest BCUT2D eigenvalue weighted by Gasteiger charge is -2.27. The van der Waals surface area contributed by atoms with Crippen LogP contribution in [0.1, 0.15) is 18.9 Å². The summed E-state index contributed by atoms with van der Waals surface area (Å²) in [6.45, 7) is 3.46. The molecule has 2 atom stereocenters. The number of hydrogen-bond donors (Lipinski definition) is 3. The van der Waals surface area contributed by atoms with E-state index in [0.29, 0.717) is 18.3 Å². The molecule has 0 unspecified atom stereocenters. The quantitative estimate of drug-likeness (QED) is 0.719. The number of nitrogens with one attached hydrogen (secondary N) is 1. The third kappa shape index (κ3) is 3.35. The molecular weight excluding hydrogens is 312 g/mol. The average molecular weight is 334 g/mol. The number of rotatable bonds is 3.